The zero-order chi connectivity index (χ0) is 11.0. The summed E-state index contributed by atoms with van der Waals surface area (Å²) in [5, 5.41) is 3.95. The second kappa shape index (κ2) is 4.24. The van der Waals surface area contributed by atoms with Crippen LogP contribution in [-0.2, 0) is 17.8 Å². The maximum Gasteiger partial charge on any atom is 0.128 e. The molecule has 0 bridgehead atoms. The standard InChI is InChI=1S/C12H14ClNO2/c13-10-3-8-1-2-15-12(8)9(4-10)7-16-11-5-14-6-11/h3-4,11,14H,1-2,5-7H2. The molecule has 2 aliphatic heterocycles. The lowest BCUT2D eigenvalue weighted by Gasteiger charge is -2.27. The molecule has 3 nitrogen and oxygen atoms in total. The molecule has 0 spiro atoms. The molecule has 0 aromatic heterocycles. The smallest absolute Gasteiger partial charge is 0.128 e. The van der Waals surface area contributed by atoms with Gasteiger partial charge in [0, 0.05) is 30.1 Å². The molecule has 0 atom stereocenters. The predicted octanol–water partition coefficient (Wildman–Crippen LogP) is 1.76. The van der Waals surface area contributed by atoms with Crippen molar-refractivity contribution >= 4 is 11.6 Å². The van der Waals surface area contributed by atoms with Crippen LogP contribution in [-0.4, -0.2) is 25.8 Å². The molecule has 0 saturated carbocycles. The zero-order valence-electron chi connectivity index (χ0n) is 8.96. The van der Waals surface area contributed by atoms with Crippen molar-refractivity contribution in [1.82, 2.24) is 5.32 Å². The summed E-state index contributed by atoms with van der Waals surface area (Å²) in [4.78, 5) is 0. The highest BCUT2D eigenvalue weighted by atomic mass is 35.5. The van der Waals surface area contributed by atoms with Gasteiger partial charge in [-0.15, -0.1) is 0 Å². The van der Waals surface area contributed by atoms with Crippen molar-refractivity contribution in [1.29, 1.82) is 0 Å². The molecule has 1 aromatic rings. The van der Waals surface area contributed by atoms with Crippen molar-refractivity contribution < 1.29 is 9.47 Å². The van der Waals surface area contributed by atoms with E-state index in [1.165, 1.54) is 5.56 Å². The average Bonchev–Trinajstić information content (AvgIpc) is 2.62. The van der Waals surface area contributed by atoms with E-state index in [0.29, 0.717) is 12.7 Å². The first-order valence-corrected chi connectivity index (χ1v) is 5.97. The largest absolute Gasteiger partial charge is 0.493 e. The summed E-state index contributed by atoms with van der Waals surface area (Å²) in [6.07, 6.45) is 1.30. The number of rotatable bonds is 3. The van der Waals surface area contributed by atoms with Gasteiger partial charge in [0.1, 0.15) is 5.75 Å². The van der Waals surface area contributed by atoms with Gasteiger partial charge in [-0.3, -0.25) is 0 Å². The second-order valence-electron chi connectivity index (χ2n) is 4.24. The van der Waals surface area contributed by atoms with E-state index in [2.05, 4.69) is 5.32 Å². The quantitative estimate of drug-likeness (QED) is 0.872. The molecule has 1 N–H and O–H groups in total. The third-order valence-electron chi connectivity index (χ3n) is 3.04. The highest BCUT2D eigenvalue weighted by Crippen LogP contribution is 2.33. The molecular weight excluding hydrogens is 226 g/mol. The Balaban J connectivity index is 1.77. The Labute approximate surface area is 99.7 Å². The first kappa shape index (κ1) is 10.4. The summed E-state index contributed by atoms with van der Waals surface area (Å²) in [6.45, 7) is 3.25. The number of hydrogen-bond acceptors (Lipinski definition) is 3. The third-order valence-corrected chi connectivity index (χ3v) is 3.26. The molecule has 0 unspecified atom stereocenters. The van der Waals surface area contributed by atoms with Crippen LogP contribution in [0, 0.1) is 0 Å². The van der Waals surface area contributed by atoms with Crippen LogP contribution in [0.1, 0.15) is 11.1 Å². The van der Waals surface area contributed by atoms with Crippen molar-refractivity contribution in [2.45, 2.75) is 19.1 Å². The van der Waals surface area contributed by atoms with E-state index in [9.17, 15) is 0 Å². The number of hydrogen-bond donors (Lipinski definition) is 1. The fraction of sp³-hybridized carbons (Fsp3) is 0.500. The summed E-state index contributed by atoms with van der Waals surface area (Å²) < 4.78 is 11.4. The van der Waals surface area contributed by atoms with Gasteiger partial charge in [0.2, 0.25) is 0 Å². The minimum atomic E-state index is 0.344. The summed E-state index contributed by atoms with van der Waals surface area (Å²) >= 11 is 6.07. The van der Waals surface area contributed by atoms with Gasteiger partial charge in [0.05, 0.1) is 19.3 Å². The van der Waals surface area contributed by atoms with Crippen molar-refractivity contribution in [3.63, 3.8) is 0 Å². The highest BCUT2D eigenvalue weighted by Gasteiger charge is 2.21. The summed E-state index contributed by atoms with van der Waals surface area (Å²) in [5.74, 6) is 0.983. The van der Waals surface area contributed by atoms with Gasteiger partial charge < -0.3 is 14.8 Å². The molecule has 1 aromatic carbocycles. The molecule has 0 radical (unpaired) electrons. The Kier molecular flexibility index (Phi) is 2.75. The van der Waals surface area contributed by atoms with Gasteiger partial charge >= 0.3 is 0 Å². The predicted molar refractivity (Wildman–Crippen MR) is 62.1 cm³/mol. The number of halogens is 1. The van der Waals surface area contributed by atoms with E-state index in [1.54, 1.807) is 0 Å². The topological polar surface area (TPSA) is 30.5 Å². The van der Waals surface area contributed by atoms with E-state index < -0.39 is 0 Å². The normalized spacial score (nSPS) is 19.1. The lowest BCUT2D eigenvalue weighted by atomic mass is 10.1. The van der Waals surface area contributed by atoms with Gasteiger partial charge in [0.25, 0.3) is 0 Å². The van der Waals surface area contributed by atoms with E-state index in [-0.39, 0.29) is 0 Å². The fourth-order valence-electron chi connectivity index (χ4n) is 2.04. The number of fused-ring (bicyclic) bond motifs is 1. The molecular formula is C12H14ClNO2. The SMILES string of the molecule is Clc1cc2c(c(COC3CNC3)c1)OCC2. The van der Waals surface area contributed by atoms with E-state index >= 15 is 0 Å². The molecule has 16 heavy (non-hydrogen) atoms. The van der Waals surface area contributed by atoms with Gasteiger partial charge in [-0.25, -0.2) is 0 Å². The van der Waals surface area contributed by atoms with Crippen molar-refractivity contribution in [3.8, 4) is 5.75 Å². The zero-order valence-corrected chi connectivity index (χ0v) is 9.72. The maximum absolute atomic E-state index is 6.07. The molecule has 3 rings (SSSR count). The maximum atomic E-state index is 6.07. The number of benzene rings is 1. The monoisotopic (exact) mass is 239 g/mol. The summed E-state index contributed by atoms with van der Waals surface area (Å²) in [7, 11) is 0. The Bertz CT molecular complexity index is 404. The molecule has 1 saturated heterocycles. The van der Waals surface area contributed by atoms with E-state index in [1.807, 2.05) is 12.1 Å². The molecule has 1 fully saturated rings. The Morgan fingerprint density at radius 1 is 1.44 bits per heavy atom. The number of nitrogens with one attached hydrogen (secondary N) is 1. The van der Waals surface area contributed by atoms with Crippen LogP contribution in [0.4, 0.5) is 0 Å². The van der Waals surface area contributed by atoms with E-state index in [4.69, 9.17) is 21.1 Å². The first-order chi connectivity index (χ1) is 7.83. The van der Waals surface area contributed by atoms with Crippen LogP contribution in [0.15, 0.2) is 12.1 Å². The van der Waals surface area contributed by atoms with Crippen molar-refractivity contribution in [3.05, 3.63) is 28.3 Å². The summed E-state index contributed by atoms with van der Waals surface area (Å²) in [6, 6.07) is 3.93. The van der Waals surface area contributed by atoms with Crippen LogP contribution >= 0.6 is 11.6 Å². The van der Waals surface area contributed by atoms with Crippen molar-refractivity contribution in [2.24, 2.45) is 0 Å². The molecule has 2 heterocycles. The molecule has 2 aliphatic rings. The Morgan fingerprint density at radius 2 is 2.31 bits per heavy atom. The van der Waals surface area contributed by atoms with Crippen LogP contribution in [0.5, 0.6) is 5.75 Å². The van der Waals surface area contributed by atoms with Crippen LogP contribution in [0.3, 0.4) is 0 Å². The minimum Gasteiger partial charge on any atom is -0.493 e. The molecule has 0 aliphatic carbocycles. The lowest BCUT2D eigenvalue weighted by Crippen LogP contribution is -2.48. The Hall–Kier alpha value is -0.770. The lowest BCUT2D eigenvalue weighted by molar-refractivity contribution is 0.00681. The average molecular weight is 240 g/mol. The van der Waals surface area contributed by atoms with Crippen LogP contribution in [0.25, 0.3) is 0 Å². The van der Waals surface area contributed by atoms with Crippen LogP contribution < -0.4 is 10.1 Å². The molecule has 0 amide bonds. The third kappa shape index (κ3) is 1.90. The van der Waals surface area contributed by atoms with Gasteiger partial charge in [-0.2, -0.15) is 0 Å². The minimum absolute atomic E-state index is 0.344. The summed E-state index contributed by atoms with van der Waals surface area (Å²) in [5.41, 5.74) is 2.28. The van der Waals surface area contributed by atoms with E-state index in [0.717, 1.165) is 42.5 Å². The van der Waals surface area contributed by atoms with Gasteiger partial charge in [0.15, 0.2) is 0 Å². The number of ether oxygens (including phenoxy) is 2. The van der Waals surface area contributed by atoms with Gasteiger partial charge in [-0.05, 0) is 17.7 Å². The fourth-order valence-corrected chi connectivity index (χ4v) is 2.30. The van der Waals surface area contributed by atoms with Crippen LogP contribution in [0.2, 0.25) is 5.02 Å². The highest BCUT2D eigenvalue weighted by molar-refractivity contribution is 6.30. The Morgan fingerprint density at radius 3 is 3.06 bits per heavy atom. The van der Waals surface area contributed by atoms with Crippen molar-refractivity contribution in [2.75, 3.05) is 19.7 Å². The second-order valence-corrected chi connectivity index (χ2v) is 4.68. The molecule has 86 valence electrons. The first-order valence-electron chi connectivity index (χ1n) is 5.59. The molecule has 4 heteroatoms. The van der Waals surface area contributed by atoms with Gasteiger partial charge in [-0.1, -0.05) is 11.6 Å².